The van der Waals surface area contributed by atoms with E-state index in [1.165, 1.54) is 250 Å². The maximum atomic E-state index is 12.9. The summed E-state index contributed by atoms with van der Waals surface area (Å²) in [5.74, 6) is -0.377. The van der Waals surface area contributed by atoms with Crippen molar-refractivity contribution in [2.24, 2.45) is 0 Å². The topological polar surface area (TPSA) is 61.8 Å². The van der Waals surface area contributed by atoms with Gasteiger partial charge < -0.3 is 14.2 Å². The molecule has 390 valence electrons. The Morgan fingerprint density at radius 1 is 0.333 bits per heavy atom. The van der Waals surface area contributed by atoms with Crippen molar-refractivity contribution >= 4 is 11.9 Å². The maximum absolute atomic E-state index is 12.9. The Hall–Kier alpha value is -1.62. The Balaban J connectivity index is 4.19. The fraction of sp³-hybridized carbons (Fsp3) is 0.902. The molecule has 0 aromatic rings. The molecule has 0 radical (unpaired) electrons. The number of rotatable bonds is 56. The van der Waals surface area contributed by atoms with Crippen LogP contribution in [-0.4, -0.2) is 37.9 Å². The second kappa shape index (κ2) is 57.7. The highest BCUT2D eigenvalue weighted by atomic mass is 16.6. The van der Waals surface area contributed by atoms with Crippen LogP contribution in [0.25, 0.3) is 0 Å². The first-order valence-electron chi connectivity index (χ1n) is 29.9. The van der Waals surface area contributed by atoms with Gasteiger partial charge in [0.1, 0.15) is 6.61 Å². The van der Waals surface area contributed by atoms with E-state index in [4.69, 9.17) is 14.2 Å². The number of hydrogen-bond acceptors (Lipinski definition) is 5. The molecule has 5 nitrogen and oxygen atoms in total. The van der Waals surface area contributed by atoms with Crippen molar-refractivity contribution in [1.82, 2.24) is 0 Å². The summed E-state index contributed by atoms with van der Waals surface area (Å²) in [6, 6.07) is 0. The van der Waals surface area contributed by atoms with Crippen LogP contribution in [-0.2, 0) is 23.8 Å². The molecule has 0 saturated heterocycles. The quantitative estimate of drug-likeness (QED) is 0.0345. The number of esters is 2. The molecule has 1 unspecified atom stereocenters. The van der Waals surface area contributed by atoms with Gasteiger partial charge >= 0.3 is 11.9 Å². The van der Waals surface area contributed by atoms with Gasteiger partial charge in [-0.05, 0) is 44.9 Å². The van der Waals surface area contributed by atoms with Crippen LogP contribution in [0.3, 0.4) is 0 Å². The predicted octanol–water partition coefficient (Wildman–Crippen LogP) is 20.4. The van der Waals surface area contributed by atoms with Gasteiger partial charge in [0, 0.05) is 19.4 Å². The van der Waals surface area contributed by atoms with Crippen LogP contribution < -0.4 is 0 Å². The lowest BCUT2D eigenvalue weighted by atomic mass is 10.0. The Labute approximate surface area is 413 Å². The molecule has 5 heteroatoms. The monoisotopic (exact) mass is 929 g/mol. The summed E-state index contributed by atoms with van der Waals surface area (Å²) >= 11 is 0. The van der Waals surface area contributed by atoms with Crippen LogP contribution in [0.1, 0.15) is 329 Å². The molecule has 0 heterocycles. The van der Waals surface area contributed by atoms with E-state index in [2.05, 4.69) is 45.1 Å². The normalized spacial score (nSPS) is 12.2. The van der Waals surface area contributed by atoms with Crippen molar-refractivity contribution in [2.45, 2.75) is 335 Å². The van der Waals surface area contributed by atoms with Gasteiger partial charge in [0.05, 0.1) is 6.61 Å². The average molecular weight is 930 g/mol. The summed E-state index contributed by atoms with van der Waals surface area (Å²) in [6.07, 6.45) is 69.2. The smallest absolute Gasteiger partial charge is 0.306 e. The van der Waals surface area contributed by atoms with E-state index in [-0.39, 0.29) is 25.2 Å². The predicted molar refractivity (Wildman–Crippen MR) is 289 cm³/mol. The number of carbonyl (C=O) groups is 2. The number of allylic oxidation sites excluding steroid dienone is 4. The molecule has 0 bridgehead atoms. The molecule has 0 aromatic heterocycles. The minimum absolute atomic E-state index is 0.0895. The minimum atomic E-state index is -0.535. The van der Waals surface area contributed by atoms with Crippen molar-refractivity contribution in [2.75, 3.05) is 19.8 Å². The standard InChI is InChI=1S/C61H116O5/c1-4-7-10-13-16-19-22-25-28-30-31-33-34-36-39-42-45-48-51-54-60(62)65-58-59(57-64-56-53-50-47-44-41-38-27-24-21-18-15-12-9-6-3)66-61(63)55-52-49-46-43-40-37-35-32-29-26-23-20-17-14-11-8-5-2/h12,15,21,24,59H,4-11,13-14,16-20,22-23,25-58H2,1-3H3/b15-12-,24-21-. The summed E-state index contributed by atoms with van der Waals surface area (Å²) in [5.41, 5.74) is 0. The number of unbranched alkanes of at least 4 members (excludes halogenated alkanes) is 41. The highest BCUT2D eigenvalue weighted by Crippen LogP contribution is 2.17. The van der Waals surface area contributed by atoms with E-state index in [0.717, 1.165) is 44.9 Å². The van der Waals surface area contributed by atoms with Gasteiger partial charge in [0.2, 0.25) is 0 Å². The first-order valence-corrected chi connectivity index (χ1v) is 29.9. The SMILES string of the molecule is CCC/C=C\C/C=C\CCCCCCCCOCC(COC(=O)CCCCCCCCCCCCCCCCCCCCC)OC(=O)CCCCCCCCCCCCCCCCCCC. The lowest BCUT2D eigenvalue weighted by Crippen LogP contribution is -2.30. The molecule has 1 atom stereocenters. The highest BCUT2D eigenvalue weighted by Gasteiger charge is 2.17. The van der Waals surface area contributed by atoms with Gasteiger partial charge in [-0.2, -0.15) is 0 Å². The molecule has 0 spiro atoms. The molecule has 0 aliphatic rings. The molecule has 0 N–H and O–H groups in total. The molecular weight excluding hydrogens is 813 g/mol. The summed E-state index contributed by atoms with van der Waals surface area (Å²) < 4.78 is 17.5. The van der Waals surface area contributed by atoms with Gasteiger partial charge in [0.25, 0.3) is 0 Å². The number of hydrogen-bond donors (Lipinski definition) is 0. The second-order valence-electron chi connectivity index (χ2n) is 20.3. The Bertz CT molecular complexity index is 1010. The number of ether oxygens (including phenoxy) is 3. The Morgan fingerprint density at radius 2 is 0.667 bits per heavy atom. The van der Waals surface area contributed by atoms with Gasteiger partial charge in [-0.1, -0.05) is 295 Å². The van der Waals surface area contributed by atoms with E-state index in [9.17, 15) is 9.59 Å². The summed E-state index contributed by atoms with van der Waals surface area (Å²) in [5, 5.41) is 0. The lowest BCUT2D eigenvalue weighted by Gasteiger charge is -2.18. The lowest BCUT2D eigenvalue weighted by molar-refractivity contribution is -0.163. The Morgan fingerprint density at radius 3 is 1.06 bits per heavy atom. The van der Waals surface area contributed by atoms with Gasteiger partial charge in [0.15, 0.2) is 6.10 Å². The third-order valence-electron chi connectivity index (χ3n) is 13.5. The molecule has 0 amide bonds. The zero-order chi connectivity index (χ0) is 47.7. The van der Waals surface area contributed by atoms with Crippen molar-refractivity contribution in [3.63, 3.8) is 0 Å². The first kappa shape index (κ1) is 64.4. The van der Waals surface area contributed by atoms with Crippen LogP contribution in [0.5, 0.6) is 0 Å². The zero-order valence-corrected chi connectivity index (χ0v) is 45.0. The first-order chi connectivity index (χ1) is 32.6. The van der Waals surface area contributed by atoms with E-state index in [1.807, 2.05) is 0 Å². The zero-order valence-electron chi connectivity index (χ0n) is 45.0. The van der Waals surface area contributed by atoms with E-state index < -0.39 is 6.10 Å². The second-order valence-corrected chi connectivity index (χ2v) is 20.3. The van der Waals surface area contributed by atoms with Crippen molar-refractivity contribution in [3.05, 3.63) is 24.3 Å². The van der Waals surface area contributed by atoms with Gasteiger partial charge in [-0.3, -0.25) is 9.59 Å². The van der Waals surface area contributed by atoms with Crippen LogP contribution >= 0.6 is 0 Å². The molecule has 0 rings (SSSR count). The van der Waals surface area contributed by atoms with E-state index in [0.29, 0.717) is 19.4 Å². The summed E-state index contributed by atoms with van der Waals surface area (Å²) in [7, 11) is 0. The summed E-state index contributed by atoms with van der Waals surface area (Å²) in [6.45, 7) is 7.83. The summed E-state index contributed by atoms with van der Waals surface area (Å²) in [4.78, 5) is 25.5. The van der Waals surface area contributed by atoms with Gasteiger partial charge in [-0.25, -0.2) is 0 Å². The molecule has 0 aromatic carbocycles. The van der Waals surface area contributed by atoms with Crippen LogP contribution in [0.2, 0.25) is 0 Å². The van der Waals surface area contributed by atoms with Crippen LogP contribution in [0.4, 0.5) is 0 Å². The molecular formula is C61H116O5. The van der Waals surface area contributed by atoms with Crippen molar-refractivity contribution in [1.29, 1.82) is 0 Å². The molecule has 0 aliphatic heterocycles. The maximum Gasteiger partial charge on any atom is 0.306 e. The van der Waals surface area contributed by atoms with Crippen molar-refractivity contribution in [3.8, 4) is 0 Å². The van der Waals surface area contributed by atoms with E-state index in [1.54, 1.807) is 0 Å². The molecule has 0 saturated carbocycles. The molecule has 0 aliphatic carbocycles. The largest absolute Gasteiger partial charge is 0.462 e. The Kier molecular flexibility index (Phi) is 56.3. The molecule has 66 heavy (non-hydrogen) atoms. The van der Waals surface area contributed by atoms with Gasteiger partial charge in [-0.15, -0.1) is 0 Å². The highest BCUT2D eigenvalue weighted by molar-refractivity contribution is 5.70. The fourth-order valence-corrected chi connectivity index (χ4v) is 9.02. The van der Waals surface area contributed by atoms with E-state index >= 15 is 0 Å². The van der Waals surface area contributed by atoms with Crippen LogP contribution in [0.15, 0.2) is 24.3 Å². The minimum Gasteiger partial charge on any atom is -0.462 e. The number of carbonyl (C=O) groups excluding carboxylic acids is 2. The average Bonchev–Trinajstić information content (AvgIpc) is 3.32. The third-order valence-corrected chi connectivity index (χ3v) is 13.5. The molecule has 0 fully saturated rings. The fourth-order valence-electron chi connectivity index (χ4n) is 9.02. The van der Waals surface area contributed by atoms with Crippen LogP contribution in [0, 0.1) is 0 Å². The van der Waals surface area contributed by atoms with Crippen molar-refractivity contribution < 1.29 is 23.8 Å². The third kappa shape index (κ3) is 55.0.